The van der Waals surface area contributed by atoms with Crippen LogP contribution < -0.4 is 15.8 Å². The lowest BCUT2D eigenvalue weighted by atomic mass is 9.99. The Labute approximate surface area is 214 Å². The van der Waals surface area contributed by atoms with Crippen molar-refractivity contribution < 1.29 is 8.42 Å². The number of rotatable bonds is 11. The maximum absolute atomic E-state index is 11.3. The molecule has 1 heterocycles. The zero-order chi connectivity index (χ0) is 25.7. The molecule has 0 amide bonds. The Bertz CT molecular complexity index is 1420. The van der Waals surface area contributed by atoms with Crippen LogP contribution in [0.1, 0.15) is 35.1 Å². The van der Waals surface area contributed by atoms with E-state index in [2.05, 4.69) is 59.2 Å². The normalized spacial score (nSPS) is 11.8. The van der Waals surface area contributed by atoms with E-state index in [9.17, 15) is 8.42 Å². The van der Waals surface area contributed by atoms with E-state index in [-0.39, 0.29) is 0 Å². The third kappa shape index (κ3) is 6.89. The van der Waals surface area contributed by atoms with Crippen molar-refractivity contribution in [2.45, 2.75) is 39.5 Å². The van der Waals surface area contributed by atoms with Crippen molar-refractivity contribution in [2.75, 3.05) is 29.8 Å². The van der Waals surface area contributed by atoms with Gasteiger partial charge in [-0.15, -0.1) is 0 Å². The van der Waals surface area contributed by atoms with Gasteiger partial charge in [-0.1, -0.05) is 29.3 Å². The quantitative estimate of drug-likeness (QED) is 0.159. The molecule has 190 valence electrons. The molecule has 3 aromatic carbocycles. The standard InChI is InChI=1S/C29H36N4O2S/c1-20-16-21(2)18-23(17-20)29-26(27-19-24(30)9-12-28(27)32-29)13-15-31-14-5-4-6-22-7-10-25(11-8-22)33-36(3,34)35/h7-12,16-19,31-33H,4-6,13-15,30H2,1-3H3. The molecule has 0 spiro atoms. The van der Waals surface area contributed by atoms with Crippen molar-refractivity contribution in [1.82, 2.24) is 10.3 Å². The number of unbranched alkanes of at least 4 members (excludes halogenated alkanes) is 1. The lowest BCUT2D eigenvalue weighted by Gasteiger charge is -2.09. The Hall–Kier alpha value is -3.29. The average molecular weight is 505 g/mol. The Morgan fingerprint density at radius 1 is 0.861 bits per heavy atom. The molecule has 6 nitrogen and oxygen atoms in total. The first-order valence-corrected chi connectivity index (χ1v) is 14.3. The van der Waals surface area contributed by atoms with Crippen molar-refractivity contribution in [1.29, 1.82) is 0 Å². The summed E-state index contributed by atoms with van der Waals surface area (Å²) in [6.07, 6.45) is 5.20. The number of sulfonamides is 1. The van der Waals surface area contributed by atoms with Gasteiger partial charge in [0.1, 0.15) is 0 Å². The molecular formula is C29H36N4O2S. The summed E-state index contributed by atoms with van der Waals surface area (Å²) in [6, 6.07) is 20.4. The number of anilines is 2. The minimum atomic E-state index is -3.24. The maximum atomic E-state index is 11.3. The van der Waals surface area contributed by atoms with Crippen molar-refractivity contribution in [2.24, 2.45) is 0 Å². The van der Waals surface area contributed by atoms with Gasteiger partial charge in [0.25, 0.3) is 0 Å². The molecule has 7 heteroatoms. The summed E-state index contributed by atoms with van der Waals surface area (Å²) in [5.41, 5.74) is 16.0. The zero-order valence-corrected chi connectivity index (χ0v) is 22.1. The second-order valence-electron chi connectivity index (χ2n) is 9.69. The molecule has 4 rings (SSSR count). The van der Waals surface area contributed by atoms with E-state index >= 15 is 0 Å². The minimum Gasteiger partial charge on any atom is -0.399 e. The number of aromatic nitrogens is 1. The van der Waals surface area contributed by atoms with Crippen molar-refractivity contribution >= 4 is 32.3 Å². The Kier molecular flexibility index (Phi) is 8.01. The number of fused-ring (bicyclic) bond motifs is 1. The van der Waals surface area contributed by atoms with Crippen LogP contribution in [0, 0.1) is 13.8 Å². The number of nitrogens with one attached hydrogen (secondary N) is 3. The predicted octanol–water partition coefficient (Wildman–Crippen LogP) is 5.56. The molecule has 0 radical (unpaired) electrons. The average Bonchev–Trinajstić information content (AvgIpc) is 3.15. The van der Waals surface area contributed by atoms with Crippen molar-refractivity contribution in [3.63, 3.8) is 0 Å². The molecule has 0 atom stereocenters. The Balaban J connectivity index is 1.32. The van der Waals surface area contributed by atoms with Gasteiger partial charge < -0.3 is 16.0 Å². The van der Waals surface area contributed by atoms with E-state index in [0.717, 1.165) is 56.2 Å². The molecule has 0 aliphatic heterocycles. The molecule has 0 fully saturated rings. The van der Waals surface area contributed by atoms with Gasteiger partial charge in [0.05, 0.1) is 6.26 Å². The largest absolute Gasteiger partial charge is 0.399 e. The fourth-order valence-electron chi connectivity index (χ4n) is 4.76. The lowest BCUT2D eigenvalue weighted by molar-refractivity contribution is 0.607. The molecule has 36 heavy (non-hydrogen) atoms. The number of nitrogen functional groups attached to an aromatic ring is 1. The highest BCUT2D eigenvalue weighted by Gasteiger charge is 2.14. The summed E-state index contributed by atoms with van der Waals surface area (Å²) in [7, 11) is -3.24. The van der Waals surface area contributed by atoms with Crippen LogP contribution in [-0.2, 0) is 22.9 Å². The van der Waals surface area contributed by atoms with Gasteiger partial charge in [-0.3, -0.25) is 4.72 Å². The molecule has 5 N–H and O–H groups in total. The lowest BCUT2D eigenvalue weighted by Crippen LogP contribution is -2.18. The van der Waals surface area contributed by atoms with E-state index in [1.54, 1.807) is 0 Å². The van der Waals surface area contributed by atoms with Gasteiger partial charge in [-0.25, -0.2) is 8.42 Å². The molecule has 0 bridgehead atoms. The third-order valence-electron chi connectivity index (χ3n) is 6.32. The smallest absolute Gasteiger partial charge is 0.229 e. The van der Waals surface area contributed by atoms with Crippen LogP contribution in [-0.4, -0.2) is 32.7 Å². The Morgan fingerprint density at radius 2 is 1.58 bits per heavy atom. The monoisotopic (exact) mass is 504 g/mol. The van der Waals surface area contributed by atoms with E-state index in [0.29, 0.717) is 5.69 Å². The molecule has 0 aliphatic rings. The van der Waals surface area contributed by atoms with Crippen LogP contribution in [0.2, 0.25) is 0 Å². The van der Waals surface area contributed by atoms with Crippen LogP contribution in [0.5, 0.6) is 0 Å². The summed E-state index contributed by atoms with van der Waals surface area (Å²) in [5.74, 6) is 0. The van der Waals surface area contributed by atoms with Gasteiger partial charge in [-0.2, -0.15) is 0 Å². The fourth-order valence-corrected chi connectivity index (χ4v) is 5.33. The highest BCUT2D eigenvalue weighted by molar-refractivity contribution is 7.92. The molecule has 4 aromatic rings. The topological polar surface area (TPSA) is 100 Å². The van der Waals surface area contributed by atoms with E-state index in [1.165, 1.54) is 38.9 Å². The van der Waals surface area contributed by atoms with Gasteiger partial charge >= 0.3 is 0 Å². The van der Waals surface area contributed by atoms with Crippen LogP contribution in [0.15, 0.2) is 60.7 Å². The van der Waals surface area contributed by atoms with Crippen LogP contribution in [0.4, 0.5) is 11.4 Å². The van der Waals surface area contributed by atoms with Crippen molar-refractivity contribution in [3.8, 4) is 11.3 Å². The van der Waals surface area contributed by atoms with Gasteiger partial charge in [-0.05, 0) is 112 Å². The summed E-state index contributed by atoms with van der Waals surface area (Å²) < 4.78 is 25.2. The number of hydrogen-bond acceptors (Lipinski definition) is 4. The van der Waals surface area contributed by atoms with E-state index in [4.69, 9.17) is 5.73 Å². The number of H-pyrrole nitrogens is 1. The van der Waals surface area contributed by atoms with Gasteiger partial charge in [0.15, 0.2) is 0 Å². The maximum Gasteiger partial charge on any atom is 0.229 e. The first kappa shape index (κ1) is 25.8. The number of nitrogens with two attached hydrogens (primary N) is 1. The fraction of sp³-hybridized carbons (Fsp3) is 0.310. The van der Waals surface area contributed by atoms with Crippen LogP contribution in [0.3, 0.4) is 0 Å². The second kappa shape index (κ2) is 11.2. The number of aryl methyl sites for hydroxylation is 3. The van der Waals surface area contributed by atoms with Crippen LogP contribution >= 0.6 is 0 Å². The third-order valence-corrected chi connectivity index (χ3v) is 6.93. The predicted molar refractivity (Wildman–Crippen MR) is 152 cm³/mol. The summed E-state index contributed by atoms with van der Waals surface area (Å²) in [5, 5.41) is 4.80. The summed E-state index contributed by atoms with van der Waals surface area (Å²) >= 11 is 0. The first-order valence-electron chi connectivity index (χ1n) is 12.4. The summed E-state index contributed by atoms with van der Waals surface area (Å²) in [6.45, 7) is 6.13. The van der Waals surface area contributed by atoms with Crippen molar-refractivity contribution in [3.05, 3.63) is 82.9 Å². The highest BCUT2D eigenvalue weighted by Crippen LogP contribution is 2.33. The summed E-state index contributed by atoms with van der Waals surface area (Å²) in [4.78, 5) is 3.64. The van der Waals surface area contributed by atoms with E-state index < -0.39 is 10.0 Å². The second-order valence-corrected chi connectivity index (χ2v) is 11.4. The SMILES string of the molecule is Cc1cc(C)cc(-c2[nH]c3ccc(N)cc3c2CCNCCCCc2ccc(NS(C)(=O)=O)cc2)c1. The number of aromatic amines is 1. The molecular weight excluding hydrogens is 468 g/mol. The van der Waals surface area contributed by atoms with Gasteiger partial charge in [0, 0.05) is 28.0 Å². The number of hydrogen-bond donors (Lipinski definition) is 4. The van der Waals surface area contributed by atoms with Crippen LogP contribution in [0.25, 0.3) is 22.2 Å². The molecule has 1 aromatic heterocycles. The van der Waals surface area contributed by atoms with E-state index in [1.807, 2.05) is 30.3 Å². The van der Waals surface area contributed by atoms with Gasteiger partial charge in [0.2, 0.25) is 10.0 Å². The highest BCUT2D eigenvalue weighted by atomic mass is 32.2. The minimum absolute atomic E-state index is 0.599. The molecule has 0 saturated carbocycles. The molecule has 0 unspecified atom stereocenters. The number of benzene rings is 3. The first-order chi connectivity index (χ1) is 17.2. The molecule has 0 saturated heterocycles. The Morgan fingerprint density at radius 3 is 2.28 bits per heavy atom. The zero-order valence-electron chi connectivity index (χ0n) is 21.3. The molecule has 0 aliphatic carbocycles.